The second kappa shape index (κ2) is 7.51. The van der Waals surface area contributed by atoms with Gasteiger partial charge in [-0.3, -0.25) is 4.79 Å². The van der Waals surface area contributed by atoms with Crippen LogP contribution in [0.2, 0.25) is 0 Å². The van der Waals surface area contributed by atoms with E-state index in [4.69, 9.17) is 0 Å². The van der Waals surface area contributed by atoms with Crippen LogP contribution in [-0.4, -0.2) is 55.0 Å². The van der Waals surface area contributed by atoms with Crippen LogP contribution in [0.3, 0.4) is 0 Å². The highest BCUT2D eigenvalue weighted by Crippen LogP contribution is 2.13. The highest BCUT2D eigenvalue weighted by molar-refractivity contribution is 6.04. The van der Waals surface area contributed by atoms with E-state index in [2.05, 4.69) is 20.2 Å². The van der Waals surface area contributed by atoms with Gasteiger partial charge >= 0.3 is 0 Å². The second-order valence-corrected chi connectivity index (χ2v) is 5.22. The first-order chi connectivity index (χ1) is 10.6. The molecule has 1 aromatic heterocycles. The summed E-state index contributed by atoms with van der Waals surface area (Å²) in [5.41, 5.74) is 1.15. The molecule has 1 aromatic carbocycles. The fraction of sp³-hybridized carbons (Fsp3) is 0.312. The van der Waals surface area contributed by atoms with Crippen LogP contribution in [0.5, 0.6) is 0 Å². The van der Waals surface area contributed by atoms with Crippen molar-refractivity contribution in [2.24, 2.45) is 0 Å². The molecule has 0 saturated heterocycles. The zero-order valence-electron chi connectivity index (χ0n) is 13.2. The number of anilines is 2. The molecule has 0 saturated carbocycles. The maximum absolute atomic E-state index is 12.4. The van der Waals surface area contributed by atoms with Crippen LogP contribution in [0.25, 0.3) is 0 Å². The highest BCUT2D eigenvalue weighted by atomic mass is 16.2. The minimum atomic E-state index is -0.182. The molecule has 0 aliphatic heterocycles. The normalized spacial score (nSPS) is 10.5. The minimum absolute atomic E-state index is 0.182. The lowest BCUT2D eigenvalue weighted by molar-refractivity contribution is 0.0988. The molecule has 2 rings (SSSR count). The van der Waals surface area contributed by atoms with E-state index in [0.29, 0.717) is 11.5 Å². The van der Waals surface area contributed by atoms with Crippen LogP contribution in [0, 0.1) is 0 Å². The maximum Gasteiger partial charge on any atom is 0.278 e. The topological polar surface area (TPSA) is 61.4 Å². The van der Waals surface area contributed by atoms with Crippen LogP contribution in [0.4, 0.5) is 11.5 Å². The van der Waals surface area contributed by atoms with Gasteiger partial charge in [-0.25, -0.2) is 9.97 Å². The Morgan fingerprint density at radius 3 is 2.41 bits per heavy atom. The maximum atomic E-state index is 12.4. The Bertz CT molecular complexity index is 598. The molecule has 0 atom stereocenters. The highest BCUT2D eigenvalue weighted by Gasteiger charge is 2.14. The number of para-hydroxylation sites is 1. The Kier molecular flexibility index (Phi) is 5.43. The first-order valence-electron chi connectivity index (χ1n) is 7.11. The van der Waals surface area contributed by atoms with Crippen LogP contribution in [-0.2, 0) is 0 Å². The number of carbonyl (C=O) groups is 1. The van der Waals surface area contributed by atoms with E-state index in [1.165, 1.54) is 6.20 Å². The van der Waals surface area contributed by atoms with E-state index in [9.17, 15) is 4.79 Å². The van der Waals surface area contributed by atoms with Crippen LogP contribution in [0.15, 0.2) is 42.7 Å². The van der Waals surface area contributed by atoms with Gasteiger partial charge in [0.1, 0.15) is 11.5 Å². The van der Waals surface area contributed by atoms with Crippen molar-refractivity contribution in [3.05, 3.63) is 48.4 Å². The lowest BCUT2D eigenvalue weighted by atomic mass is 10.3. The number of benzene rings is 1. The van der Waals surface area contributed by atoms with Gasteiger partial charge in [-0.15, -0.1) is 0 Å². The number of carbonyl (C=O) groups excluding carboxylic acids is 1. The quantitative estimate of drug-likeness (QED) is 0.880. The summed E-state index contributed by atoms with van der Waals surface area (Å²) in [5, 5.41) is 3.16. The number of hydrogen-bond acceptors (Lipinski definition) is 5. The molecule has 1 N–H and O–H groups in total. The zero-order valence-corrected chi connectivity index (χ0v) is 13.2. The van der Waals surface area contributed by atoms with Crippen molar-refractivity contribution >= 4 is 17.4 Å². The van der Waals surface area contributed by atoms with Gasteiger partial charge in [0.05, 0.1) is 12.4 Å². The van der Waals surface area contributed by atoms with Crippen molar-refractivity contribution < 1.29 is 4.79 Å². The van der Waals surface area contributed by atoms with E-state index in [-0.39, 0.29) is 5.91 Å². The number of amides is 1. The standard InChI is InChI=1S/C16H21N5O/c1-20(2)10-9-17-15-12-18-14(11-19-15)16(22)21(3)13-7-5-4-6-8-13/h4-8,11-12H,9-10H2,1-3H3,(H,17,19). The Morgan fingerprint density at radius 2 is 1.82 bits per heavy atom. The third-order valence-corrected chi connectivity index (χ3v) is 3.18. The van der Waals surface area contributed by atoms with Crippen molar-refractivity contribution in [1.82, 2.24) is 14.9 Å². The van der Waals surface area contributed by atoms with Gasteiger partial charge in [0, 0.05) is 25.8 Å². The number of aromatic nitrogens is 2. The lowest BCUT2D eigenvalue weighted by Crippen LogP contribution is -2.27. The summed E-state index contributed by atoms with van der Waals surface area (Å²) in [6.07, 6.45) is 3.08. The van der Waals surface area contributed by atoms with E-state index in [1.807, 2.05) is 44.4 Å². The molecular formula is C16H21N5O. The molecule has 22 heavy (non-hydrogen) atoms. The molecule has 0 aliphatic rings. The molecule has 0 aliphatic carbocycles. The third-order valence-electron chi connectivity index (χ3n) is 3.18. The van der Waals surface area contributed by atoms with Crippen LogP contribution >= 0.6 is 0 Å². The van der Waals surface area contributed by atoms with Gasteiger partial charge in [-0.1, -0.05) is 18.2 Å². The number of likely N-dealkylation sites (N-methyl/N-ethyl adjacent to an activating group) is 1. The smallest absolute Gasteiger partial charge is 0.278 e. The largest absolute Gasteiger partial charge is 0.368 e. The predicted octanol–water partition coefficient (Wildman–Crippen LogP) is 1.73. The molecule has 0 unspecified atom stereocenters. The van der Waals surface area contributed by atoms with Crippen molar-refractivity contribution in [2.75, 3.05) is 44.4 Å². The Morgan fingerprint density at radius 1 is 1.09 bits per heavy atom. The molecule has 1 heterocycles. The Hall–Kier alpha value is -2.47. The van der Waals surface area contributed by atoms with Crippen molar-refractivity contribution in [3.63, 3.8) is 0 Å². The summed E-state index contributed by atoms with van der Waals surface area (Å²) in [5.74, 6) is 0.485. The summed E-state index contributed by atoms with van der Waals surface area (Å²) in [6.45, 7) is 1.68. The first kappa shape index (κ1) is 15.9. The van der Waals surface area contributed by atoms with E-state index in [1.54, 1.807) is 18.1 Å². The summed E-state index contributed by atoms with van der Waals surface area (Å²) < 4.78 is 0. The Balaban J connectivity index is 1.99. The van der Waals surface area contributed by atoms with Crippen LogP contribution in [0.1, 0.15) is 10.5 Å². The van der Waals surface area contributed by atoms with Gasteiger partial charge < -0.3 is 15.1 Å². The molecule has 0 radical (unpaired) electrons. The summed E-state index contributed by atoms with van der Waals surface area (Å²) >= 11 is 0. The molecule has 1 amide bonds. The fourth-order valence-corrected chi connectivity index (χ4v) is 1.88. The minimum Gasteiger partial charge on any atom is -0.368 e. The van der Waals surface area contributed by atoms with Gasteiger partial charge in [0.25, 0.3) is 5.91 Å². The van der Waals surface area contributed by atoms with E-state index >= 15 is 0 Å². The SMILES string of the molecule is CN(C)CCNc1cnc(C(=O)N(C)c2ccccc2)cn1. The van der Waals surface area contributed by atoms with Gasteiger partial charge in [0.2, 0.25) is 0 Å². The van der Waals surface area contributed by atoms with Crippen LogP contribution < -0.4 is 10.2 Å². The van der Waals surface area contributed by atoms with E-state index in [0.717, 1.165) is 18.8 Å². The van der Waals surface area contributed by atoms with Gasteiger partial charge in [0.15, 0.2) is 0 Å². The Labute approximate surface area is 130 Å². The molecule has 2 aromatic rings. The molecule has 6 heteroatoms. The van der Waals surface area contributed by atoms with Crippen molar-refractivity contribution in [3.8, 4) is 0 Å². The molecule has 116 valence electrons. The lowest BCUT2D eigenvalue weighted by Gasteiger charge is -2.16. The van der Waals surface area contributed by atoms with E-state index < -0.39 is 0 Å². The molecule has 6 nitrogen and oxygen atoms in total. The second-order valence-electron chi connectivity index (χ2n) is 5.22. The zero-order chi connectivity index (χ0) is 15.9. The number of nitrogens with one attached hydrogen (secondary N) is 1. The molecule has 0 bridgehead atoms. The fourth-order valence-electron chi connectivity index (χ4n) is 1.88. The predicted molar refractivity (Wildman–Crippen MR) is 88.3 cm³/mol. The average molecular weight is 299 g/mol. The molecular weight excluding hydrogens is 278 g/mol. The van der Waals surface area contributed by atoms with Crippen molar-refractivity contribution in [2.45, 2.75) is 0 Å². The number of rotatable bonds is 6. The number of nitrogens with zero attached hydrogens (tertiary/aromatic N) is 4. The first-order valence-corrected chi connectivity index (χ1v) is 7.11. The third kappa shape index (κ3) is 4.26. The molecule has 0 spiro atoms. The monoisotopic (exact) mass is 299 g/mol. The summed E-state index contributed by atoms with van der Waals surface area (Å²) in [7, 11) is 5.74. The summed E-state index contributed by atoms with van der Waals surface area (Å²) in [4.78, 5) is 24.4. The summed E-state index contributed by atoms with van der Waals surface area (Å²) in [6, 6.07) is 9.45. The molecule has 0 fully saturated rings. The average Bonchev–Trinajstić information content (AvgIpc) is 2.54. The van der Waals surface area contributed by atoms with Gasteiger partial charge in [-0.05, 0) is 26.2 Å². The van der Waals surface area contributed by atoms with Crippen molar-refractivity contribution in [1.29, 1.82) is 0 Å². The van der Waals surface area contributed by atoms with Gasteiger partial charge in [-0.2, -0.15) is 0 Å². The number of hydrogen-bond donors (Lipinski definition) is 1.